The van der Waals surface area contributed by atoms with Gasteiger partial charge in [-0.05, 0) is 24.3 Å². The average molecular weight is 346 g/mol. The van der Waals surface area contributed by atoms with Crippen molar-refractivity contribution in [3.63, 3.8) is 0 Å². The van der Waals surface area contributed by atoms with Gasteiger partial charge in [-0.15, -0.1) is 0 Å². The van der Waals surface area contributed by atoms with E-state index in [-0.39, 0.29) is 5.91 Å². The maximum Gasteiger partial charge on any atom is 0.255 e. The third-order valence-corrected chi connectivity index (χ3v) is 3.49. The van der Waals surface area contributed by atoms with Crippen molar-refractivity contribution in [2.24, 2.45) is 0 Å². The second-order valence-corrected chi connectivity index (χ2v) is 5.35. The summed E-state index contributed by atoms with van der Waals surface area (Å²) < 4.78 is 6.13. The summed E-state index contributed by atoms with van der Waals surface area (Å²) in [5.41, 5.74) is 2.08. The topological polar surface area (TPSA) is 70.9 Å². The number of amides is 1. The van der Waals surface area contributed by atoms with Crippen molar-refractivity contribution in [3.05, 3.63) is 64.7 Å². The number of aromatic nitrogens is 2. The number of carbonyl (C=O) groups excluding carboxylic acids is 1. The van der Waals surface area contributed by atoms with Crippen LogP contribution in [0.1, 0.15) is 16.1 Å². The number of aromatic amines is 1. The van der Waals surface area contributed by atoms with Gasteiger partial charge in [-0.2, -0.15) is 5.10 Å². The van der Waals surface area contributed by atoms with Crippen LogP contribution in [-0.2, 0) is 6.54 Å². The molecule has 21 heavy (non-hydrogen) atoms. The van der Waals surface area contributed by atoms with Crippen LogP contribution in [0.5, 0.6) is 0 Å². The smallest absolute Gasteiger partial charge is 0.255 e. The lowest BCUT2D eigenvalue weighted by atomic mass is 10.1. The van der Waals surface area contributed by atoms with Crippen molar-refractivity contribution < 1.29 is 9.21 Å². The summed E-state index contributed by atoms with van der Waals surface area (Å²) >= 11 is 3.42. The Hall–Kier alpha value is -2.34. The average Bonchev–Trinajstić information content (AvgIpc) is 3.16. The van der Waals surface area contributed by atoms with Crippen molar-refractivity contribution in [2.75, 3.05) is 0 Å². The minimum atomic E-state index is -0.199. The molecule has 0 saturated carbocycles. The van der Waals surface area contributed by atoms with Crippen LogP contribution in [0.25, 0.3) is 11.3 Å². The van der Waals surface area contributed by atoms with Gasteiger partial charge in [0.05, 0.1) is 30.3 Å². The van der Waals surface area contributed by atoms with Crippen LogP contribution in [0.2, 0.25) is 0 Å². The molecule has 0 aliphatic heterocycles. The second-order valence-electron chi connectivity index (χ2n) is 4.43. The van der Waals surface area contributed by atoms with Gasteiger partial charge < -0.3 is 9.73 Å². The van der Waals surface area contributed by atoms with E-state index in [9.17, 15) is 4.79 Å². The van der Waals surface area contributed by atoms with Crippen molar-refractivity contribution in [1.29, 1.82) is 0 Å². The van der Waals surface area contributed by atoms with Gasteiger partial charge in [0, 0.05) is 10.0 Å². The van der Waals surface area contributed by atoms with Gasteiger partial charge in [-0.25, -0.2) is 0 Å². The first-order chi connectivity index (χ1) is 10.2. The van der Waals surface area contributed by atoms with E-state index in [1.54, 1.807) is 12.3 Å². The molecule has 2 aromatic heterocycles. The number of hydrogen-bond acceptors (Lipinski definition) is 3. The molecule has 0 radical (unpaired) electrons. The molecule has 0 bridgehead atoms. The fraction of sp³-hybridized carbons (Fsp3) is 0.0667. The molecule has 0 spiro atoms. The summed E-state index contributed by atoms with van der Waals surface area (Å²) in [7, 11) is 0. The molecule has 0 unspecified atom stereocenters. The molecule has 0 fully saturated rings. The van der Waals surface area contributed by atoms with Crippen LogP contribution < -0.4 is 5.32 Å². The molecule has 0 atom stereocenters. The van der Waals surface area contributed by atoms with Gasteiger partial charge in [-0.1, -0.05) is 28.1 Å². The molecule has 106 valence electrons. The van der Waals surface area contributed by atoms with Gasteiger partial charge in [-0.3, -0.25) is 9.89 Å². The minimum absolute atomic E-state index is 0.199. The number of halogens is 1. The van der Waals surface area contributed by atoms with Crippen LogP contribution in [-0.4, -0.2) is 16.1 Å². The summed E-state index contributed by atoms with van der Waals surface area (Å²) in [4.78, 5) is 12.3. The zero-order chi connectivity index (χ0) is 14.7. The lowest BCUT2D eigenvalue weighted by Gasteiger charge is -2.05. The quantitative estimate of drug-likeness (QED) is 0.761. The Morgan fingerprint density at radius 1 is 1.33 bits per heavy atom. The molecule has 6 heteroatoms. The lowest BCUT2D eigenvalue weighted by molar-refractivity contribution is 0.0949. The third kappa shape index (κ3) is 3.05. The zero-order valence-electron chi connectivity index (χ0n) is 11.0. The number of H-pyrrole nitrogens is 1. The Balaban J connectivity index is 1.80. The molecular weight excluding hydrogens is 334 g/mol. The SMILES string of the molecule is O=C(NCc1ccco1)c1cn[nH]c1-c1cccc(Br)c1. The molecule has 3 aromatic rings. The second kappa shape index (κ2) is 5.97. The molecule has 3 rings (SSSR count). The van der Waals surface area contributed by atoms with Crippen LogP contribution in [0.3, 0.4) is 0 Å². The van der Waals surface area contributed by atoms with E-state index in [0.717, 1.165) is 10.0 Å². The molecule has 0 aliphatic carbocycles. The zero-order valence-corrected chi connectivity index (χ0v) is 12.6. The van der Waals surface area contributed by atoms with Gasteiger partial charge >= 0.3 is 0 Å². The predicted molar refractivity (Wildman–Crippen MR) is 81.6 cm³/mol. The lowest BCUT2D eigenvalue weighted by Crippen LogP contribution is -2.22. The highest BCUT2D eigenvalue weighted by Crippen LogP contribution is 2.24. The van der Waals surface area contributed by atoms with Crippen LogP contribution in [0.15, 0.2) is 57.7 Å². The standard InChI is InChI=1S/C15H12BrN3O2/c16-11-4-1-3-10(7-11)14-13(9-18-19-14)15(20)17-8-12-5-2-6-21-12/h1-7,9H,8H2,(H,17,20)(H,18,19). The summed E-state index contributed by atoms with van der Waals surface area (Å²) in [6.45, 7) is 0.342. The van der Waals surface area contributed by atoms with Crippen molar-refractivity contribution in [1.82, 2.24) is 15.5 Å². The van der Waals surface area contributed by atoms with E-state index < -0.39 is 0 Å². The fourth-order valence-corrected chi connectivity index (χ4v) is 2.40. The Morgan fingerprint density at radius 2 is 2.24 bits per heavy atom. The monoisotopic (exact) mass is 345 g/mol. The molecule has 5 nitrogen and oxygen atoms in total. The molecule has 0 aliphatic rings. The van der Waals surface area contributed by atoms with Gasteiger partial charge in [0.2, 0.25) is 0 Å². The molecular formula is C15H12BrN3O2. The first-order valence-electron chi connectivity index (χ1n) is 6.34. The highest BCUT2D eigenvalue weighted by atomic mass is 79.9. The Kier molecular flexibility index (Phi) is 3.87. The Morgan fingerprint density at radius 3 is 3.00 bits per heavy atom. The van der Waals surface area contributed by atoms with E-state index in [4.69, 9.17) is 4.42 Å². The molecule has 1 amide bonds. The molecule has 1 aromatic carbocycles. The fourth-order valence-electron chi connectivity index (χ4n) is 2.00. The van der Waals surface area contributed by atoms with Crippen LogP contribution in [0, 0.1) is 0 Å². The van der Waals surface area contributed by atoms with E-state index in [1.807, 2.05) is 30.3 Å². The largest absolute Gasteiger partial charge is 0.467 e. The Labute approximate surface area is 129 Å². The summed E-state index contributed by atoms with van der Waals surface area (Å²) in [5, 5.41) is 9.65. The van der Waals surface area contributed by atoms with Crippen molar-refractivity contribution in [2.45, 2.75) is 6.54 Å². The van der Waals surface area contributed by atoms with E-state index in [1.165, 1.54) is 6.20 Å². The summed E-state index contributed by atoms with van der Waals surface area (Å²) in [6, 6.07) is 11.3. The Bertz CT molecular complexity index is 750. The van der Waals surface area contributed by atoms with Crippen LogP contribution in [0.4, 0.5) is 0 Å². The number of carbonyl (C=O) groups is 1. The highest BCUT2D eigenvalue weighted by molar-refractivity contribution is 9.10. The first-order valence-corrected chi connectivity index (χ1v) is 7.13. The van der Waals surface area contributed by atoms with E-state index in [2.05, 4.69) is 31.4 Å². The number of hydrogen-bond donors (Lipinski definition) is 2. The number of nitrogens with one attached hydrogen (secondary N) is 2. The molecule has 2 heterocycles. The van der Waals surface area contributed by atoms with Gasteiger partial charge in [0.15, 0.2) is 0 Å². The molecule has 0 saturated heterocycles. The normalized spacial score (nSPS) is 10.5. The minimum Gasteiger partial charge on any atom is -0.467 e. The van der Waals surface area contributed by atoms with Gasteiger partial charge in [0.25, 0.3) is 5.91 Å². The van der Waals surface area contributed by atoms with Crippen molar-refractivity contribution >= 4 is 21.8 Å². The van der Waals surface area contributed by atoms with E-state index in [0.29, 0.717) is 23.6 Å². The number of furan rings is 1. The molecule has 2 N–H and O–H groups in total. The predicted octanol–water partition coefficient (Wildman–Crippen LogP) is 3.36. The number of nitrogens with zero attached hydrogens (tertiary/aromatic N) is 1. The third-order valence-electron chi connectivity index (χ3n) is 3.00. The van der Waals surface area contributed by atoms with Gasteiger partial charge in [0.1, 0.15) is 5.76 Å². The van der Waals surface area contributed by atoms with Crippen molar-refractivity contribution in [3.8, 4) is 11.3 Å². The van der Waals surface area contributed by atoms with E-state index >= 15 is 0 Å². The summed E-state index contributed by atoms with van der Waals surface area (Å²) in [6.07, 6.45) is 3.10. The first kappa shape index (κ1) is 13.6. The maximum absolute atomic E-state index is 12.3. The number of rotatable bonds is 4. The highest BCUT2D eigenvalue weighted by Gasteiger charge is 2.15. The summed E-state index contributed by atoms with van der Waals surface area (Å²) in [5.74, 6) is 0.506. The van der Waals surface area contributed by atoms with Crippen LogP contribution >= 0.6 is 15.9 Å². The number of benzene rings is 1. The maximum atomic E-state index is 12.3.